The maximum absolute atomic E-state index is 9.47. The number of hydrogen-bond acceptors (Lipinski definition) is 3. The number of thioether (sulfide) groups is 1. The Bertz CT molecular complexity index is 319. The first-order valence-electron chi connectivity index (χ1n) is 6.20. The molecule has 0 aromatic heterocycles. The van der Waals surface area contributed by atoms with Gasteiger partial charge in [0.15, 0.2) is 0 Å². The second kappa shape index (κ2) is 7.04. The molecule has 2 N–H and O–H groups in total. The van der Waals surface area contributed by atoms with Crippen molar-refractivity contribution in [3.05, 3.63) is 29.8 Å². The molecule has 1 aromatic rings. The van der Waals surface area contributed by atoms with E-state index in [1.54, 1.807) is 11.8 Å². The maximum Gasteiger partial charge on any atom is 0.0631 e. The summed E-state index contributed by atoms with van der Waals surface area (Å²) in [5.41, 5.74) is 1.32. The van der Waals surface area contributed by atoms with Crippen molar-refractivity contribution < 1.29 is 5.11 Å². The summed E-state index contributed by atoms with van der Waals surface area (Å²) in [5.74, 6) is 0. The Balaban J connectivity index is 2.67. The van der Waals surface area contributed by atoms with Crippen LogP contribution in [0.3, 0.4) is 0 Å². The van der Waals surface area contributed by atoms with Crippen LogP contribution in [0, 0.1) is 0 Å². The van der Waals surface area contributed by atoms with E-state index in [2.05, 4.69) is 36.5 Å². The van der Waals surface area contributed by atoms with Gasteiger partial charge >= 0.3 is 0 Å². The van der Waals surface area contributed by atoms with Gasteiger partial charge in [-0.25, -0.2) is 0 Å². The van der Waals surface area contributed by atoms with Gasteiger partial charge in [-0.15, -0.1) is 11.8 Å². The molecule has 0 radical (unpaired) electrons. The molecule has 0 bridgehead atoms. The first-order chi connectivity index (χ1) is 8.08. The molecule has 3 unspecified atom stereocenters. The van der Waals surface area contributed by atoms with Crippen molar-refractivity contribution in [2.75, 3.05) is 7.05 Å². The van der Waals surface area contributed by atoms with E-state index in [-0.39, 0.29) is 11.4 Å². The van der Waals surface area contributed by atoms with E-state index in [1.165, 1.54) is 10.5 Å². The maximum atomic E-state index is 9.47. The number of rotatable bonds is 6. The van der Waals surface area contributed by atoms with Crippen LogP contribution in [0.4, 0.5) is 0 Å². The molecule has 0 saturated heterocycles. The summed E-state index contributed by atoms with van der Waals surface area (Å²) < 4.78 is 0. The molecule has 0 aliphatic carbocycles. The van der Waals surface area contributed by atoms with Crippen LogP contribution >= 0.6 is 11.8 Å². The van der Waals surface area contributed by atoms with Crippen LogP contribution in [0.5, 0.6) is 0 Å². The Labute approximate surface area is 109 Å². The number of aliphatic hydroxyl groups excluding tert-OH is 1. The lowest BCUT2D eigenvalue weighted by Crippen LogP contribution is -2.15. The highest BCUT2D eigenvalue weighted by Gasteiger charge is 2.11. The molecular weight excluding hydrogens is 230 g/mol. The fraction of sp³-hybridized carbons (Fsp3) is 0.571. The first-order valence-corrected chi connectivity index (χ1v) is 7.08. The molecule has 0 amide bonds. The Kier molecular flexibility index (Phi) is 6.03. The monoisotopic (exact) mass is 253 g/mol. The van der Waals surface area contributed by atoms with Crippen molar-refractivity contribution in [3.8, 4) is 0 Å². The third-order valence-electron chi connectivity index (χ3n) is 3.04. The predicted molar refractivity (Wildman–Crippen MR) is 75.5 cm³/mol. The number of aliphatic hydroxyl groups is 1. The Morgan fingerprint density at radius 3 is 2.24 bits per heavy atom. The van der Waals surface area contributed by atoms with Crippen LogP contribution in [0.15, 0.2) is 29.2 Å². The quantitative estimate of drug-likeness (QED) is 0.764. The lowest BCUT2D eigenvalue weighted by Gasteiger charge is -2.16. The van der Waals surface area contributed by atoms with Gasteiger partial charge in [-0.2, -0.15) is 0 Å². The summed E-state index contributed by atoms with van der Waals surface area (Å²) in [4.78, 5) is 1.22. The summed E-state index contributed by atoms with van der Waals surface area (Å²) in [5, 5.41) is 13.0. The zero-order chi connectivity index (χ0) is 12.8. The van der Waals surface area contributed by atoms with Crippen LogP contribution in [-0.2, 0) is 0 Å². The van der Waals surface area contributed by atoms with Crippen LogP contribution in [0.2, 0.25) is 0 Å². The fourth-order valence-electron chi connectivity index (χ4n) is 1.70. The zero-order valence-electron chi connectivity index (χ0n) is 11.1. The lowest BCUT2D eigenvalue weighted by molar-refractivity contribution is 0.196. The van der Waals surface area contributed by atoms with Crippen LogP contribution in [0.1, 0.15) is 38.8 Å². The summed E-state index contributed by atoms with van der Waals surface area (Å²) >= 11 is 1.72. The first kappa shape index (κ1) is 14.6. The molecule has 0 saturated carbocycles. The molecule has 1 aromatic carbocycles. The van der Waals surface area contributed by atoms with Crippen molar-refractivity contribution in [2.45, 2.75) is 49.5 Å². The van der Waals surface area contributed by atoms with Crippen molar-refractivity contribution in [2.24, 2.45) is 0 Å². The molecule has 0 aliphatic heterocycles. The average molecular weight is 253 g/mol. The number of hydrogen-bond donors (Lipinski definition) is 2. The second-order valence-electron chi connectivity index (χ2n) is 4.38. The van der Waals surface area contributed by atoms with Crippen molar-refractivity contribution >= 4 is 11.8 Å². The molecule has 2 nitrogen and oxygen atoms in total. The molecule has 17 heavy (non-hydrogen) atoms. The third kappa shape index (κ3) is 4.34. The smallest absolute Gasteiger partial charge is 0.0631 e. The molecule has 3 heteroatoms. The standard InChI is InChI=1S/C14H23NOS/c1-5-14(15-4)12-6-8-13(9-7-12)17-11(3)10(2)16/h6-11,14-16H,5H2,1-4H3. The van der Waals surface area contributed by atoms with Gasteiger partial charge in [0.2, 0.25) is 0 Å². The van der Waals surface area contributed by atoms with Crippen LogP contribution < -0.4 is 5.32 Å². The van der Waals surface area contributed by atoms with Crippen LogP contribution in [0.25, 0.3) is 0 Å². The molecule has 3 atom stereocenters. The Hall–Kier alpha value is -0.510. The van der Waals surface area contributed by atoms with Crippen molar-refractivity contribution in [3.63, 3.8) is 0 Å². The molecule has 1 rings (SSSR count). The predicted octanol–water partition coefficient (Wildman–Crippen LogP) is 3.22. The SMILES string of the molecule is CCC(NC)c1ccc(SC(C)C(C)O)cc1. The van der Waals surface area contributed by atoms with Gasteiger partial charge in [-0.1, -0.05) is 26.0 Å². The highest BCUT2D eigenvalue weighted by Crippen LogP contribution is 2.27. The summed E-state index contributed by atoms with van der Waals surface area (Å²) in [7, 11) is 1.99. The number of nitrogens with one attached hydrogen (secondary N) is 1. The van der Waals surface area contributed by atoms with E-state index in [4.69, 9.17) is 0 Å². The summed E-state index contributed by atoms with van der Waals surface area (Å²) in [6.45, 7) is 6.06. The van der Waals surface area contributed by atoms with E-state index in [0.717, 1.165) is 6.42 Å². The normalized spacial score (nSPS) is 16.5. The van der Waals surface area contributed by atoms with Gasteiger partial charge in [0.05, 0.1) is 6.10 Å². The third-order valence-corrected chi connectivity index (χ3v) is 4.35. The highest BCUT2D eigenvalue weighted by molar-refractivity contribution is 8.00. The van der Waals surface area contributed by atoms with Gasteiger partial charge in [-0.3, -0.25) is 0 Å². The fourth-order valence-corrected chi connectivity index (χ4v) is 2.62. The minimum atomic E-state index is -0.277. The lowest BCUT2D eigenvalue weighted by atomic mass is 10.1. The minimum Gasteiger partial charge on any atom is -0.392 e. The van der Waals surface area contributed by atoms with E-state index in [1.807, 2.05) is 20.9 Å². The molecular formula is C14H23NOS. The molecule has 0 heterocycles. The van der Waals surface area contributed by atoms with Crippen molar-refractivity contribution in [1.29, 1.82) is 0 Å². The van der Waals surface area contributed by atoms with Gasteiger partial charge in [0.1, 0.15) is 0 Å². The van der Waals surface area contributed by atoms with Gasteiger partial charge in [0, 0.05) is 16.2 Å². The molecule has 96 valence electrons. The van der Waals surface area contributed by atoms with E-state index in [0.29, 0.717) is 6.04 Å². The molecule has 0 fully saturated rings. The van der Waals surface area contributed by atoms with Gasteiger partial charge < -0.3 is 10.4 Å². The molecule has 0 aliphatic rings. The second-order valence-corrected chi connectivity index (χ2v) is 5.83. The Morgan fingerprint density at radius 1 is 1.24 bits per heavy atom. The van der Waals surface area contributed by atoms with E-state index >= 15 is 0 Å². The highest BCUT2D eigenvalue weighted by atomic mass is 32.2. The van der Waals surface area contributed by atoms with Crippen molar-refractivity contribution in [1.82, 2.24) is 5.32 Å². The van der Waals surface area contributed by atoms with E-state index < -0.39 is 0 Å². The minimum absolute atomic E-state index is 0.229. The zero-order valence-corrected chi connectivity index (χ0v) is 11.9. The largest absolute Gasteiger partial charge is 0.392 e. The average Bonchev–Trinajstić information content (AvgIpc) is 2.32. The van der Waals surface area contributed by atoms with Crippen LogP contribution in [-0.4, -0.2) is 23.5 Å². The Morgan fingerprint density at radius 2 is 1.82 bits per heavy atom. The summed E-state index contributed by atoms with van der Waals surface area (Å²) in [6, 6.07) is 9.05. The van der Waals surface area contributed by atoms with Gasteiger partial charge in [-0.05, 0) is 38.1 Å². The number of benzene rings is 1. The molecule has 0 spiro atoms. The topological polar surface area (TPSA) is 32.3 Å². The summed E-state index contributed by atoms with van der Waals surface area (Å²) in [6.07, 6.45) is 0.813. The van der Waals surface area contributed by atoms with Gasteiger partial charge in [0.25, 0.3) is 0 Å². The van der Waals surface area contributed by atoms with E-state index in [9.17, 15) is 5.11 Å².